The van der Waals surface area contributed by atoms with Crippen LogP contribution in [-0.2, 0) is 49.0 Å². The molecule has 0 spiro atoms. The topological polar surface area (TPSA) is 342 Å². The number of nitrogens with one attached hydrogen (secondary N) is 3. The van der Waals surface area contributed by atoms with Gasteiger partial charge in [-0.2, -0.15) is 5.10 Å². The van der Waals surface area contributed by atoms with Crippen LogP contribution in [0, 0.1) is 11.8 Å². The number of nitrogens with zero attached hydrogens (tertiary/aromatic N) is 8. The Kier molecular flexibility index (Phi) is 24.2. The smallest absolute Gasteiger partial charge is 0.305 e. The van der Waals surface area contributed by atoms with E-state index in [1.165, 1.54) is 23.4 Å². The summed E-state index contributed by atoms with van der Waals surface area (Å²) in [7, 11) is -0.490. The summed E-state index contributed by atoms with van der Waals surface area (Å²) in [6.45, 7) is 3.18. The van der Waals surface area contributed by atoms with E-state index < -0.39 is 47.6 Å². The van der Waals surface area contributed by atoms with E-state index in [2.05, 4.69) is 58.0 Å². The van der Waals surface area contributed by atoms with Gasteiger partial charge in [0.05, 0.1) is 58.6 Å². The number of anilines is 1. The van der Waals surface area contributed by atoms with E-state index >= 15 is 0 Å². The molecule has 3 aromatic rings. The third kappa shape index (κ3) is 18.9. The minimum Gasteiger partial charge on any atom is -0.481 e. The Bertz CT molecular complexity index is 2110. The zero-order valence-electron chi connectivity index (χ0n) is 36.3. The number of nitrogens with two attached hydrogens (primary N) is 1. The Morgan fingerprint density at radius 1 is 1.00 bits per heavy atom. The molecule has 66 heavy (non-hydrogen) atoms. The second kappa shape index (κ2) is 30.3. The molecule has 3 unspecified atom stereocenters. The van der Waals surface area contributed by atoms with E-state index in [0.29, 0.717) is 117 Å². The summed E-state index contributed by atoms with van der Waals surface area (Å²) in [6.07, 6.45) is 1.20. The van der Waals surface area contributed by atoms with Crippen molar-refractivity contribution in [1.82, 2.24) is 30.3 Å². The first kappa shape index (κ1) is 52.7. The first-order valence-electron chi connectivity index (χ1n) is 21.1. The summed E-state index contributed by atoms with van der Waals surface area (Å²) in [6, 6.07) is 6.72. The number of carboxylic acids is 1. The number of rotatable bonds is 32. The molecule has 0 radical (unpaired) electrons. The summed E-state index contributed by atoms with van der Waals surface area (Å²) in [5, 5.41) is 44.2. The zero-order chi connectivity index (χ0) is 47.4. The number of hydrazone groups is 1. The molecule has 25 heteroatoms. The number of benzene rings is 1. The van der Waals surface area contributed by atoms with Crippen LogP contribution in [0.3, 0.4) is 0 Å². The number of carboxylic acid groups (broad SMARTS) is 1. The molecule has 2 amide bonds. The molecule has 0 bridgehead atoms. The number of fused-ring (bicyclic) bond motifs is 1. The molecular formula is C41H57N12O12S+. The number of carbonyl (C=O) groups excluding carboxylic acids is 3. The molecule has 0 saturated carbocycles. The largest absolute Gasteiger partial charge is 0.481 e. The summed E-state index contributed by atoms with van der Waals surface area (Å²) in [4.78, 5) is 62.0. The predicted octanol–water partition coefficient (Wildman–Crippen LogP) is 0.602. The SMILES string of the molecule is [N-]=[N+]=NCCOCCOCCOCCNC(=O)c1ccc(/C=N\NC(=O)CCCCC#CC[S+](CCC(N)OC=O)C[C@H]2O[C@@H](n3cnc4c(NCCC(=O)O)ncnc43)[C@@H](O)C2O)cc1. The number of hydrogen-bond donors (Lipinski definition) is 7. The van der Waals surface area contributed by atoms with Crippen molar-refractivity contribution in [2.75, 3.05) is 81.9 Å². The van der Waals surface area contributed by atoms with Crippen LogP contribution in [0.2, 0.25) is 0 Å². The van der Waals surface area contributed by atoms with Crippen molar-refractivity contribution in [3.05, 3.63) is 58.5 Å². The van der Waals surface area contributed by atoms with Crippen LogP contribution in [0.15, 0.2) is 47.1 Å². The van der Waals surface area contributed by atoms with Gasteiger partial charge in [0.2, 0.25) is 5.91 Å². The van der Waals surface area contributed by atoms with E-state index in [1.807, 2.05) is 0 Å². The van der Waals surface area contributed by atoms with Crippen LogP contribution in [0.1, 0.15) is 60.7 Å². The third-order valence-corrected chi connectivity index (χ3v) is 11.7. The summed E-state index contributed by atoms with van der Waals surface area (Å²) in [5.41, 5.74) is 18.4. The van der Waals surface area contributed by atoms with Gasteiger partial charge in [-0.1, -0.05) is 23.2 Å². The third-order valence-electron chi connectivity index (χ3n) is 9.53. The number of azide groups is 1. The Morgan fingerprint density at radius 3 is 2.50 bits per heavy atom. The Balaban J connectivity index is 1.13. The molecule has 4 rings (SSSR count). The Morgan fingerprint density at radius 2 is 1.76 bits per heavy atom. The van der Waals surface area contributed by atoms with Crippen molar-refractivity contribution in [3.8, 4) is 11.8 Å². The van der Waals surface area contributed by atoms with Crippen LogP contribution in [0.5, 0.6) is 0 Å². The highest BCUT2D eigenvalue weighted by atomic mass is 32.2. The molecule has 3 heterocycles. The fraction of sp³-hybridized carbons (Fsp3) is 0.561. The maximum atomic E-state index is 12.5. The minimum atomic E-state index is -1.32. The lowest BCUT2D eigenvalue weighted by Gasteiger charge is -2.17. The average molecular weight is 942 g/mol. The van der Waals surface area contributed by atoms with Gasteiger partial charge < -0.3 is 49.6 Å². The number of aromatic nitrogens is 4. The first-order valence-corrected chi connectivity index (χ1v) is 22.9. The molecule has 358 valence electrons. The number of hydrogen-bond acceptors (Lipinski definition) is 18. The standard InChI is InChI=1S/C41H56N12O12S/c42-32(64-28-54)12-23-66(25-31-36(58)37(59)41(65-31)53-27-48-35-38(44-13-11-34(56)57)46-26-47-39(35)53)22-5-3-1-2-4-6-33(55)51-50-24-29-7-9-30(10-8-29)40(60)45-14-16-61-18-20-63-21-19-62-17-15-49-52-43/h7-10,24,26-28,31-32,36-37,41,58-59H,1-2,4,6,11-23,25,42H2,(H3-,44,45,46,47,51,55,56,57,60)/p+1/t31-,32?,36?,37+,41-,66?/m1/s1. The second-order valence-electron chi connectivity index (χ2n) is 14.4. The highest BCUT2D eigenvalue weighted by Gasteiger charge is 2.47. The average Bonchev–Trinajstić information content (AvgIpc) is 3.86. The van der Waals surface area contributed by atoms with E-state index in [1.54, 1.807) is 24.3 Å². The van der Waals surface area contributed by atoms with Crippen LogP contribution in [0.25, 0.3) is 21.6 Å². The molecule has 1 aliphatic rings. The molecule has 1 fully saturated rings. The van der Waals surface area contributed by atoms with E-state index in [9.17, 15) is 29.4 Å². The number of amides is 2. The van der Waals surface area contributed by atoms with Crippen molar-refractivity contribution in [1.29, 1.82) is 0 Å². The van der Waals surface area contributed by atoms with Gasteiger partial charge >= 0.3 is 5.97 Å². The monoisotopic (exact) mass is 941 g/mol. The molecule has 2 aromatic heterocycles. The fourth-order valence-electron chi connectivity index (χ4n) is 6.15. The lowest BCUT2D eigenvalue weighted by molar-refractivity contribution is -0.137. The number of carbonyl (C=O) groups is 4. The van der Waals surface area contributed by atoms with Crippen LogP contribution in [-0.4, -0.2) is 166 Å². The van der Waals surface area contributed by atoms with E-state index in [0.717, 1.165) is 0 Å². The number of unbranched alkanes of at least 4 members (excludes halogenated alkanes) is 2. The van der Waals surface area contributed by atoms with Gasteiger partial charge in [-0.3, -0.25) is 29.5 Å². The number of aliphatic hydroxyl groups excluding tert-OH is 2. The lowest BCUT2D eigenvalue weighted by atomic mass is 10.1. The molecule has 1 aliphatic heterocycles. The second-order valence-corrected chi connectivity index (χ2v) is 16.6. The van der Waals surface area contributed by atoms with Gasteiger partial charge in [0, 0.05) is 60.3 Å². The first-order chi connectivity index (χ1) is 32.1. The normalized spacial score (nSPS) is 17.6. The van der Waals surface area contributed by atoms with Crippen molar-refractivity contribution in [2.45, 2.75) is 69.3 Å². The number of ether oxygens (including phenoxy) is 5. The lowest BCUT2D eigenvalue weighted by Crippen LogP contribution is -2.37. The molecule has 24 nitrogen and oxygen atoms in total. The molecule has 0 aliphatic carbocycles. The van der Waals surface area contributed by atoms with Crippen LogP contribution >= 0.6 is 0 Å². The molecule has 1 saturated heterocycles. The van der Waals surface area contributed by atoms with Crippen molar-refractivity contribution < 1.29 is 58.2 Å². The van der Waals surface area contributed by atoms with Gasteiger partial charge in [-0.25, -0.2) is 20.4 Å². The Labute approximate surface area is 383 Å². The molecule has 6 atom stereocenters. The van der Waals surface area contributed by atoms with Gasteiger partial charge in [-0.05, 0) is 42.0 Å². The summed E-state index contributed by atoms with van der Waals surface area (Å²) >= 11 is 0. The van der Waals surface area contributed by atoms with Gasteiger partial charge in [0.25, 0.3) is 12.4 Å². The molecule has 8 N–H and O–H groups in total. The van der Waals surface area contributed by atoms with Crippen molar-refractivity contribution in [2.24, 2.45) is 15.9 Å². The van der Waals surface area contributed by atoms with Gasteiger partial charge in [-0.15, -0.1) is 0 Å². The zero-order valence-corrected chi connectivity index (χ0v) is 37.1. The molecule has 1 aromatic carbocycles. The maximum Gasteiger partial charge on any atom is 0.305 e. The number of aliphatic hydroxyl groups is 2. The quantitative estimate of drug-likeness (QED) is 0.00431. The van der Waals surface area contributed by atoms with Gasteiger partial charge in [0.15, 0.2) is 35.2 Å². The van der Waals surface area contributed by atoms with Crippen LogP contribution in [0.4, 0.5) is 5.82 Å². The minimum absolute atomic E-state index is 0.114. The number of aliphatic carboxylic acids is 1. The number of imidazole rings is 1. The summed E-state index contributed by atoms with van der Waals surface area (Å²) < 4.78 is 28.6. The van der Waals surface area contributed by atoms with Crippen LogP contribution < -0.4 is 21.8 Å². The highest BCUT2D eigenvalue weighted by molar-refractivity contribution is 7.97. The van der Waals surface area contributed by atoms with Crippen molar-refractivity contribution >= 4 is 58.3 Å². The fourth-order valence-corrected chi connectivity index (χ4v) is 8.19. The highest BCUT2D eigenvalue weighted by Crippen LogP contribution is 2.33. The van der Waals surface area contributed by atoms with E-state index in [-0.39, 0.29) is 44.2 Å². The van der Waals surface area contributed by atoms with E-state index in [4.69, 9.17) is 40.1 Å². The molecular weight excluding hydrogens is 885 g/mol. The maximum absolute atomic E-state index is 12.5. The summed E-state index contributed by atoms with van der Waals surface area (Å²) in [5.74, 6) is 6.43. The predicted molar refractivity (Wildman–Crippen MR) is 241 cm³/mol. The Hall–Kier alpha value is -5.94. The van der Waals surface area contributed by atoms with Gasteiger partial charge in [0.1, 0.15) is 36.1 Å². The van der Waals surface area contributed by atoms with Crippen molar-refractivity contribution in [3.63, 3.8) is 0 Å².